The molecule has 1 amide bonds. The summed E-state index contributed by atoms with van der Waals surface area (Å²) in [6.07, 6.45) is 10.3. The number of nitrogens with zero attached hydrogens (tertiary/aromatic N) is 4. The molecule has 0 atom stereocenters. The first-order chi connectivity index (χ1) is 12.3. The fourth-order valence-corrected chi connectivity index (χ4v) is 5.13. The smallest absolute Gasteiger partial charge is 0.264 e. The second-order valence-corrected chi connectivity index (χ2v) is 8.19. The Hall–Kier alpha value is -1.69. The number of carbonyl (C=O) groups excluding carboxylic acids is 1. The third kappa shape index (κ3) is 3.24. The maximum atomic E-state index is 12.9. The summed E-state index contributed by atoms with van der Waals surface area (Å²) in [6, 6.07) is 0. The molecule has 0 spiro atoms. The van der Waals surface area contributed by atoms with E-state index in [2.05, 4.69) is 21.8 Å². The lowest BCUT2D eigenvalue weighted by atomic mass is 10.1. The zero-order valence-electron chi connectivity index (χ0n) is 15.0. The van der Waals surface area contributed by atoms with Gasteiger partial charge < -0.3 is 9.80 Å². The van der Waals surface area contributed by atoms with E-state index in [9.17, 15) is 4.79 Å². The number of aromatic nitrogens is 2. The third-order valence-electron chi connectivity index (χ3n) is 5.45. The largest absolute Gasteiger partial charge is 0.356 e. The number of aryl methyl sites for hydroxylation is 1. The van der Waals surface area contributed by atoms with Gasteiger partial charge in [-0.15, -0.1) is 11.3 Å². The van der Waals surface area contributed by atoms with Gasteiger partial charge in [-0.2, -0.15) is 0 Å². The van der Waals surface area contributed by atoms with E-state index < -0.39 is 0 Å². The van der Waals surface area contributed by atoms with Crippen LogP contribution in [0.15, 0.2) is 6.33 Å². The third-order valence-corrected chi connectivity index (χ3v) is 6.64. The van der Waals surface area contributed by atoms with Gasteiger partial charge in [0.2, 0.25) is 0 Å². The van der Waals surface area contributed by atoms with E-state index >= 15 is 0 Å². The van der Waals surface area contributed by atoms with Crippen molar-refractivity contribution in [3.63, 3.8) is 0 Å². The molecule has 134 valence electrons. The Morgan fingerprint density at radius 2 is 1.60 bits per heavy atom. The lowest BCUT2D eigenvalue weighted by Crippen LogP contribution is -2.28. The minimum absolute atomic E-state index is 0.177. The van der Waals surface area contributed by atoms with Crippen LogP contribution >= 0.6 is 11.3 Å². The van der Waals surface area contributed by atoms with Gasteiger partial charge in [-0.25, -0.2) is 9.97 Å². The highest BCUT2D eigenvalue weighted by Gasteiger charge is 2.26. The highest BCUT2D eigenvalue weighted by molar-refractivity contribution is 7.20. The summed E-state index contributed by atoms with van der Waals surface area (Å²) in [6.45, 7) is 5.95. The fourth-order valence-electron chi connectivity index (χ4n) is 4.02. The molecule has 2 fully saturated rings. The number of thiophene rings is 1. The molecule has 4 heterocycles. The van der Waals surface area contributed by atoms with Crippen molar-refractivity contribution in [3.8, 4) is 0 Å². The SMILES string of the molecule is Cc1c(C(=O)N2CCCC2)sc2ncnc(N3CCCCCCC3)c12. The molecule has 2 aromatic rings. The molecular formula is C19H26N4OS. The van der Waals surface area contributed by atoms with Gasteiger partial charge in [0.05, 0.1) is 10.3 Å². The molecule has 2 aliphatic rings. The summed E-state index contributed by atoms with van der Waals surface area (Å²) in [7, 11) is 0. The Morgan fingerprint density at radius 1 is 0.960 bits per heavy atom. The van der Waals surface area contributed by atoms with Gasteiger partial charge in [0.1, 0.15) is 17.0 Å². The summed E-state index contributed by atoms with van der Waals surface area (Å²) in [5.41, 5.74) is 1.06. The van der Waals surface area contributed by atoms with Crippen LogP contribution in [0.5, 0.6) is 0 Å². The summed E-state index contributed by atoms with van der Waals surface area (Å²) in [4.78, 5) is 28.2. The van der Waals surface area contributed by atoms with Crippen LogP contribution in [0.2, 0.25) is 0 Å². The quantitative estimate of drug-likeness (QED) is 0.814. The first-order valence-corrected chi connectivity index (χ1v) is 10.4. The van der Waals surface area contributed by atoms with Crippen LogP contribution in [0.25, 0.3) is 10.2 Å². The lowest BCUT2D eigenvalue weighted by Gasteiger charge is -2.26. The molecule has 5 nitrogen and oxygen atoms in total. The average Bonchev–Trinajstić information content (AvgIpc) is 3.23. The maximum absolute atomic E-state index is 12.9. The van der Waals surface area contributed by atoms with Gasteiger partial charge >= 0.3 is 0 Å². The number of hydrogen-bond acceptors (Lipinski definition) is 5. The first-order valence-electron chi connectivity index (χ1n) is 9.54. The maximum Gasteiger partial charge on any atom is 0.264 e. The number of fused-ring (bicyclic) bond motifs is 1. The van der Waals surface area contributed by atoms with Crippen molar-refractivity contribution in [2.24, 2.45) is 0 Å². The minimum atomic E-state index is 0.177. The molecule has 0 saturated carbocycles. The molecule has 2 aliphatic heterocycles. The van der Waals surface area contributed by atoms with Crippen LogP contribution in [0, 0.1) is 6.92 Å². The molecular weight excluding hydrogens is 332 g/mol. The van der Waals surface area contributed by atoms with E-state index in [4.69, 9.17) is 0 Å². The molecule has 0 aromatic carbocycles. The molecule has 0 bridgehead atoms. The van der Waals surface area contributed by atoms with Crippen molar-refractivity contribution < 1.29 is 4.79 Å². The number of hydrogen-bond donors (Lipinski definition) is 0. The highest BCUT2D eigenvalue weighted by atomic mass is 32.1. The van der Waals surface area contributed by atoms with Crippen LogP contribution in [-0.4, -0.2) is 47.0 Å². The number of rotatable bonds is 2. The van der Waals surface area contributed by atoms with E-state index in [1.54, 1.807) is 6.33 Å². The molecule has 0 radical (unpaired) electrons. The second-order valence-electron chi connectivity index (χ2n) is 7.19. The van der Waals surface area contributed by atoms with Crippen LogP contribution in [0.4, 0.5) is 5.82 Å². The van der Waals surface area contributed by atoms with Crippen LogP contribution in [-0.2, 0) is 0 Å². The van der Waals surface area contributed by atoms with E-state index in [0.717, 1.165) is 65.5 Å². The lowest BCUT2D eigenvalue weighted by molar-refractivity contribution is 0.0797. The van der Waals surface area contributed by atoms with Crippen molar-refractivity contribution in [2.75, 3.05) is 31.1 Å². The number of amides is 1. The van der Waals surface area contributed by atoms with Gasteiger partial charge in [0.25, 0.3) is 5.91 Å². The monoisotopic (exact) mass is 358 g/mol. The van der Waals surface area contributed by atoms with Crippen LogP contribution < -0.4 is 4.90 Å². The van der Waals surface area contributed by atoms with Crippen molar-refractivity contribution >= 4 is 33.3 Å². The molecule has 4 rings (SSSR count). The number of anilines is 1. The summed E-state index contributed by atoms with van der Waals surface area (Å²) < 4.78 is 0. The van der Waals surface area contributed by atoms with E-state index in [1.807, 2.05) is 4.90 Å². The highest BCUT2D eigenvalue weighted by Crippen LogP contribution is 2.36. The zero-order valence-corrected chi connectivity index (χ0v) is 15.8. The summed E-state index contributed by atoms with van der Waals surface area (Å²) >= 11 is 1.54. The topological polar surface area (TPSA) is 49.3 Å². The van der Waals surface area contributed by atoms with E-state index in [1.165, 1.54) is 43.4 Å². The normalized spacial score (nSPS) is 19.2. The van der Waals surface area contributed by atoms with Gasteiger partial charge in [0.15, 0.2) is 0 Å². The van der Waals surface area contributed by atoms with Gasteiger partial charge in [-0.05, 0) is 38.2 Å². The Bertz CT molecular complexity index is 758. The standard InChI is InChI=1S/C19H26N4OS/c1-14-15-17(22-9-5-3-2-4-6-10-22)20-13-21-18(15)25-16(14)19(24)23-11-7-8-12-23/h13H,2-12H2,1H3. The summed E-state index contributed by atoms with van der Waals surface area (Å²) in [5.74, 6) is 1.21. The molecule has 0 N–H and O–H groups in total. The number of likely N-dealkylation sites (tertiary alicyclic amines) is 1. The molecule has 0 aliphatic carbocycles. The van der Waals surface area contributed by atoms with Crippen molar-refractivity contribution in [1.82, 2.24) is 14.9 Å². The Balaban J connectivity index is 1.71. The van der Waals surface area contributed by atoms with Crippen LogP contribution in [0.1, 0.15) is 60.2 Å². The Morgan fingerprint density at radius 3 is 2.32 bits per heavy atom. The van der Waals surface area contributed by atoms with Crippen LogP contribution in [0.3, 0.4) is 0 Å². The van der Waals surface area contributed by atoms with Crippen molar-refractivity contribution in [3.05, 3.63) is 16.8 Å². The summed E-state index contributed by atoms with van der Waals surface area (Å²) in [5, 5.41) is 1.09. The first kappa shape index (κ1) is 16.8. The van der Waals surface area contributed by atoms with Gasteiger partial charge in [-0.3, -0.25) is 4.79 Å². The molecule has 2 saturated heterocycles. The predicted molar refractivity (Wildman–Crippen MR) is 103 cm³/mol. The van der Waals surface area contributed by atoms with E-state index in [0.29, 0.717) is 0 Å². The second kappa shape index (κ2) is 7.28. The molecule has 2 aromatic heterocycles. The minimum Gasteiger partial charge on any atom is -0.356 e. The van der Waals surface area contributed by atoms with Crippen molar-refractivity contribution in [2.45, 2.75) is 51.9 Å². The van der Waals surface area contributed by atoms with Crippen molar-refractivity contribution in [1.29, 1.82) is 0 Å². The molecule has 0 unspecified atom stereocenters. The average molecular weight is 359 g/mol. The van der Waals surface area contributed by atoms with Gasteiger partial charge in [-0.1, -0.05) is 19.3 Å². The molecule has 6 heteroatoms. The molecule has 25 heavy (non-hydrogen) atoms. The number of carbonyl (C=O) groups is 1. The Kier molecular flexibility index (Phi) is 4.88. The zero-order chi connectivity index (χ0) is 17.2. The fraction of sp³-hybridized carbons (Fsp3) is 0.632. The Labute approximate surface area is 153 Å². The predicted octanol–water partition coefficient (Wildman–Crippen LogP) is 4.01. The van der Waals surface area contributed by atoms with E-state index in [-0.39, 0.29) is 5.91 Å². The van der Waals surface area contributed by atoms with Gasteiger partial charge in [0, 0.05) is 26.2 Å².